The van der Waals surface area contributed by atoms with Crippen LogP contribution in [0.15, 0.2) is 34.2 Å². The molecule has 0 saturated carbocycles. The van der Waals surface area contributed by atoms with Gasteiger partial charge in [0.1, 0.15) is 0 Å². The summed E-state index contributed by atoms with van der Waals surface area (Å²) in [5.74, 6) is -1.14. The minimum Gasteiger partial charge on any atom is -0.467 e. The van der Waals surface area contributed by atoms with E-state index in [9.17, 15) is 13.2 Å². The van der Waals surface area contributed by atoms with Crippen molar-refractivity contribution >= 4 is 34.2 Å². The standard InChI is InChI=1S/C14H22N4O4S.ClH/c1-10-4-6-11(7-5-10)23(20,21)14(17,12(19)22-2)8-3-9-18-13(15)16;/h4-7H,3,8-9,17H2,1-2H3,(H4,15,16,18);1H. The topological polar surface area (TPSA) is 151 Å². The molecule has 0 aromatic heterocycles. The molecular weight excluding hydrogens is 356 g/mol. The Balaban J connectivity index is 0.00000529. The van der Waals surface area contributed by atoms with Gasteiger partial charge in [-0.25, -0.2) is 13.2 Å². The van der Waals surface area contributed by atoms with E-state index in [2.05, 4.69) is 9.73 Å². The molecule has 0 aliphatic heterocycles. The summed E-state index contributed by atoms with van der Waals surface area (Å²) < 4.78 is 30.2. The van der Waals surface area contributed by atoms with Crippen molar-refractivity contribution in [1.29, 1.82) is 0 Å². The van der Waals surface area contributed by atoms with Crippen molar-refractivity contribution in [2.75, 3.05) is 13.7 Å². The lowest BCUT2D eigenvalue weighted by Crippen LogP contribution is -2.55. The number of aliphatic imine (C=N–C) groups is 1. The molecule has 1 atom stereocenters. The van der Waals surface area contributed by atoms with Crippen molar-refractivity contribution in [3.05, 3.63) is 29.8 Å². The average Bonchev–Trinajstić information content (AvgIpc) is 2.50. The van der Waals surface area contributed by atoms with E-state index in [1.54, 1.807) is 12.1 Å². The van der Waals surface area contributed by atoms with E-state index >= 15 is 0 Å². The molecule has 0 saturated heterocycles. The Bertz CT molecular complexity index is 687. The second-order valence-electron chi connectivity index (χ2n) is 5.11. The SMILES string of the molecule is COC(=O)C(N)(CCCN=C(N)N)S(=O)(=O)c1ccc(C)cc1.Cl. The van der Waals surface area contributed by atoms with Gasteiger partial charge in [-0.15, -0.1) is 12.4 Å². The Morgan fingerprint density at radius 2 is 1.79 bits per heavy atom. The zero-order chi connectivity index (χ0) is 17.7. The number of methoxy groups -OCH3 is 1. The van der Waals surface area contributed by atoms with Gasteiger partial charge in [0.25, 0.3) is 0 Å². The Kier molecular flexibility index (Phi) is 8.18. The molecule has 0 spiro atoms. The second-order valence-corrected chi connectivity index (χ2v) is 7.31. The molecule has 136 valence electrons. The maximum Gasteiger partial charge on any atom is 0.342 e. The maximum atomic E-state index is 12.8. The molecule has 1 rings (SSSR count). The number of carbonyl (C=O) groups is 1. The molecule has 0 heterocycles. The van der Waals surface area contributed by atoms with Crippen LogP contribution in [0.1, 0.15) is 18.4 Å². The lowest BCUT2D eigenvalue weighted by Gasteiger charge is -2.26. The molecular formula is C14H23ClN4O4S. The highest BCUT2D eigenvalue weighted by Crippen LogP contribution is 2.27. The lowest BCUT2D eigenvalue weighted by molar-refractivity contribution is -0.143. The number of aryl methyl sites for hydroxylation is 1. The number of ether oxygens (including phenoxy) is 1. The fraction of sp³-hybridized carbons (Fsp3) is 0.429. The Morgan fingerprint density at radius 3 is 2.25 bits per heavy atom. The van der Waals surface area contributed by atoms with E-state index in [1.165, 1.54) is 12.1 Å². The molecule has 0 amide bonds. The summed E-state index contributed by atoms with van der Waals surface area (Å²) in [7, 11) is -3.05. The number of hydrogen-bond acceptors (Lipinski definition) is 6. The van der Waals surface area contributed by atoms with Crippen molar-refractivity contribution in [1.82, 2.24) is 0 Å². The number of rotatable bonds is 7. The quantitative estimate of drug-likeness (QED) is 0.263. The van der Waals surface area contributed by atoms with Gasteiger partial charge in [0.05, 0.1) is 12.0 Å². The zero-order valence-electron chi connectivity index (χ0n) is 13.6. The molecule has 8 nitrogen and oxygen atoms in total. The largest absolute Gasteiger partial charge is 0.467 e. The molecule has 0 aliphatic rings. The zero-order valence-corrected chi connectivity index (χ0v) is 15.2. The van der Waals surface area contributed by atoms with Crippen LogP contribution in [-0.4, -0.2) is 38.9 Å². The van der Waals surface area contributed by atoms with Gasteiger partial charge in [0.2, 0.25) is 14.7 Å². The van der Waals surface area contributed by atoms with Crippen molar-refractivity contribution in [2.45, 2.75) is 29.5 Å². The third kappa shape index (κ3) is 4.83. The van der Waals surface area contributed by atoms with E-state index in [1.807, 2.05) is 6.92 Å². The normalized spacial score (nSPS) is 13.3. The number of carbonyl (C=O) groups excluding carboxylic acids is 1. The average molecular weight is 379 g/mol. The fourth-order valence-electron chi connectivity index (χ4n) is 2.00. The second kappa shape index (κ2) is 8.86. The summed E-state index contributed by atoms with van der Waals surface area (Å²) in [6.45, 7) is 1.98. The monoisotopic (exact) mass is 378 g/mol. The summed E-state index contributed by atoms with van der Waals surface area (Å²) in [4.78, 5) is 13.5. The van der Waals surface area contributed by atoms with Gasteiger partial charge in [-0.05, 0) is 31.9 Å². The Labute approximate surface area is 147 Å². The van der Waals surface area contributed by atoms with Crippen molar-refractivity contribution in [3.63, 3.8) is 0 Å². The number of halogens is 1. The van der Waals surface area contributed by atoms with Gasteiger partial charge in [0, 0.05) is 6.54 Å². The molecule has 0 bridgehead atoms. The highest BCUT2D eigenvalue weighted by Gasteiger charge is 2.48. The summed E-state index contributed by atoms with van der Waals surface area (Å²) in [5.41, 5.74) is 17.2. The van der Waals surface area contributed by atoms with Gasteiger partial charge in [-0.2, -0.15) is 0 Å². The first kappa shape index (κ1) is 22.2. The predicted octanol–water partition coefficient (Wildman–Crippen LogP) is 0.0721. The summed E-state index contributed by atoms with van der Waals surface area (Å²) in [6, 6.07) is 6.07. The van der Waals surface area contributed by atoms with Gasteiger partial charge in [-0.3, -0.25) is 4.99 Å². The molecule has 1 aromatic rings. The van der Waals surface area contributed by atoms with Gasteiger partial charge >= 0.3 is 5.97 Å². The molecule has 0 radical (unpaired) electrons. The van der Waals surface area contributed by atoms with Gasteiger partial charge < -0.3 is 21.9 Å². The lowest BCUT2D eigenvalue weighted by atomic mass is 10.1. The van der Waals surface area contributed by atoms with E-state index in [0.717, 1.165) is 12.7 Å². The van der Waals surface area contributed by atoms with Crippen LogP contribution in [0.2, 0.25) is 0 Å². The molecule has 10 heteroatoms. The van der Waals surface area contributed by atoms with Crippen molar-refractivity contribution < 1.29 is 17.9 Å². The van der Waals surface area contributed by atoms with Crippen LogP contribution in [0, 0.1) is 6.92 Å². The predicted molar refractivity (Wildman–Crippen MR) is 94.5 cm³/mol. The van der Waals surface area contributed by atoms with Crippen LogP contribution in [0.4, 0.5) is 0 Å². The first-order valence-electron chi connectivity index (χ1n) is 6.89. The third-order valence-electron chi connectivity index (χ3n) is 3.34. The van der Waals surface area contributed by atoms with Crippen molar-refractivity contribution in [3.8, 4) is 0 Å². The Morgan fingerprint density at radius 1 is 1.25 bits per heavy atom. The number of hydrogen-bond donors (Lipinski definition) is 3. The minimum atomic E-state index is -4.14. The molecule has 0 fully saturated rings. The van der Waals surface area contributed by atoms with Gasteiger partial charge in [0.15, 0.2) is 5.96 Å². The molecule has 6 N–H and O–H groups in total. The number of nitrogens with zero attached hydrogens (tertiary/aromatic N) is 1. The molecule has 0 aliphatic carbocycles. The number of esters is 1. The summed E-state index contributed by atoms with van der Waals surface area (Å²) in [5, 5.41) is 0. The van der Waals surface area contributed by atoms with Crippen LogP contribution >= 0.6 is 12.4 Å². The summed E-state index contributed by atoms with van der Waals surface area (Å²) >= 11 is 0. The highest BCUT2D eigenvalue weighted by molar-refractivity contribution is 7.93. The van der Waals surface area contributed by atoms with Crippen LogP contribution in [0.5, 0.6) is 0 Å². The first-order chi connectivity index (χ1) is 10.6. The first-order valence-corrected chi connectivity index (χ1v) is 8.37. The number of guanidine groups is 1. The van der Waals surface area contributed by atoms with Crippen LogP contribution in [0.25, 0.3) is 0 Å². The maximum absolute atomic E-state index is 12.8. The summed E-state index contributed by atoms with van der Waals surface area (Å²) in [6.07, 6.45) is 0.0290. The smallest absolute Gasteiger partial charge is 0.342 e. The molecule has 24 heavy (non-hydrogen) atoms. The van der Waals surface area contributed by atoms with E-state index < -0.39 is 20.7 Å². The number of sulfone groups is 1. The van der Waals surface area contributed by atoms with Crippen LogP contribution < -0.4 is 17.2 Å². The number of nitrogens with two attached hydrogens (primary N) is 3. The highest BCUT2D eigenvalue weighted by atomic mass is 35.5. The number of benzene rings is 1. The molecule has 1 unspecified atom stereocenters. The van der Waals surface area contributed by atoms with Crippen LogP contribution in [-0.2, 0) is 19.4 Å². The van der Waals surface area contributed by atoms with Crippen molar-refractivity contribution in [2.24, 2.45) is 22.2 Å². The van der Waals surface area contributed by atoms with E-state index in [-0.39, 0.29) is 42.6 Å². The Hall–Kier alpha value is -1.84. The fourth-order valence-corrected chi connectivity index (χ4v) is 3.63. The minimum absolute atomic E-state index is 0. The third-order valence-corrected chi connectivity index (χ3v) is 5.57. The molecule has 1 aromatic carbocycles. The van der Waals surface area contributed by atoms with E-state index in [0.29, 0.717) is 0 Å². The van der Waals surface area contributed by atoms with Crippen LogP contribution in [0.3, 0.4) is 0 Å². The van der Waals surface area contributed by atoms with E-state index in [4.69, 9.17) is 17.2 Å². The van der Waals surface area contributed by atoms with Gasteiger partial charge in [-0.1, -0.05) is 17.7 Å².